The molecule has 0 unspecified atom stereocenters. The molecule has 0 saturated carbocycles. The van der Waals surface area contributed by atoms with Crippen molar-refractivity contribution in [2.75, 3.05) is 12.9 Å². The highest BCUT2D eigenvalue weighted by atomic mass is 32.2. The number of nitriles is 1. The van der Waals surface area contributed by atoms with Crippen molar-refractivity contribution in [1.29, 1.82) is 5.26 Å². The van der Waals surface area contributed by atoms with Gasteiger partial charge in [0.2, 0.25) is 5.79 Å². The van der Waals surface area contributed by atoms with E-state index in [0.717, 1.165) is 5.56 Å². The van der Waals surface area contributed by atoms with Crippen LogP contribution >= 0.6 is 11.8 Å². The van der Waals surface area contributed by atoms with Crippen LogP contribution in [0, 0.1) is 11.3 Å². The number of benzene rings is 2. The highest BCUT2D eigenvalue weighted by Crippen LogP contribution is 2.41. The number of phenols is 1. The number of nitrogens with zero attached hydrogens (tertiary/aromatic N) is 1. The van der Waals surface area contributed by atoms with Gasteiger partial charge in [-0.3, -0.25) is 0 Å². The lowest BCUT2D eigenvalue weighted by molar-refractivity contribution is -0.358. The predicted octanol–water partition coefficient (Wildman–Crippen LogP) is 0.195. The standard InChI is InChI=1S/C21H23NO7S/c1-30-17-8-13(9-22)12(6-11-2-4-14(24)5-3-11)7-15(17)21(28)20(27)19(26)18(25)16(10-23)29-21/h2-5,7-8,16,18-20,23-28H,6,10H2,1H3/t16-,18-,19+,20-,21-/m1/s1. The zero-order valence-corrected chi connectivity index (χ0v) is 17.0. The van der Waals surface area contributed by atoms with E-state index in [2.05, 4.69) is 6.07 Å². The smallest absolute Gasteiger partial charge is 0.223 e. The van der Waals surface area contributed by atoms with Gasteiger partial charge in [0.1, 0.15) is 30.2 Å². The van der Waals surface area contributed by atoms with Gasteiger partial charge in [-0.25, -0.2) is 0 Å². The van der Waals surface area contributed by atoms with Crippen molar-refractivity contribution >= 4 is 11.8 Å². The average Bonchev–Trinajstić information content (AvgIpc) is 2.76. The molecular weight excluding hydrogens is 410 g/mol. The number of aliphatic hydroxyl groups is 5. The first-order valence-corrected chi connectivity index (χ1v) is 10.4. The second kappa shape index (κ2) is 8.91. The lowest BCUT2D eigenvalue weighted by Crippen LogP contribution is -2.63. The van der Waals surface area contributed by atoms with Crippen LogP contribution in [0.5, 0.6) is 5.75 Å². The quantitative estimate of drug-likeness (QED) is 0.363. The van der Waals surface area contributed by atoms with Gasteiger partial charge in [-0.2, -0.15) is 5.26 Å². The molecule has 1 aliphatic heterocycles. The Bertz CT molecular complexity index is 944. The molecule has 0 spiro atoms. The Labute approximate surface area is 177 Å². The molecule has 1 saturated heterocycles. The second-order valence-electron chi connectivity index (χ2n) is 7.13. The van der Waals surface area contributed by atoms with Gasteiger partial charge in [0.05, 0.1) is 18.2 Å². The predicted molar refractivity (Wildman–Crippen MR) is 108 cm³/mol. The molecule has 0 radical (unpaired) electrons. The summed E-state index contributed by atoms with van der Waals surface area (Å²) in [6.45, 7) is -0.682. The average molecular weight is 433 g/mol. The van der Waals surface area contributed by atoms with Gasteiger partial charge in [0.25, 0.3) is 0 Å². The highest BCUT2D eigenvalue weighted by Gasteiger charge is 2.54. The minimum absolute atomic E-state index is 0.105. The number of aromatic hydroxyl groups is 1. The number of hydrogen-bond donors (Lipinski definition) is 6. The molecule has 9 heteroatoms. The Hall–Kier alpha value is -2.16. The van der Waals surface area contributed by atoms with Gasteiger partial charge in [0, 0.05) is 10.5 Å². The van der Waals surface area contributed by atoms with Crippen molar-refractivity contribution in [1.82, 2.24) is 0 Å². The van der Waals surface area contributed by atoms with E-state index in [1.54, 1.807) is 24.5 Å². The Morgan fingerprint density at radius 3 is 2.37 bits per heavy atom. The Morgan fingerprint density at radius 2 is 1.80 bits per heavy atom. The molecule has 0 bridgehead atoms. The summed E-state index contributed by atoms with van der Waals surface area (Å²) in [4.78, 5) is 0.433. The molecule has 1 fully saturated rings. The summed E-state index contributed by atoms with van der Waals surface area (Å²) >= 11 is 1.21. The molecule has 8 nitrogen and oxygen atoms in total. The fourth-order valence-electron chi connectivity index (χ4n) is 3.53. The fourth-order valence-corrected chi connectivity index (χ4v) is 4.19. The van der Waals surface area contributed by atoms with Gasteiger partial charge in [-0.15, -0.1) is 11.8 Å². The van der Waals surface area contributed by atoms with Crippen molar-refractivity contribution < 1.29 is 35.4 Å². The van der Waals surface area contributed by atoms with E-state index in [1.165, 1.54) is 30.0 Å². The van der Waals surface area contributed by atoms with E-state index in [0.29, 0.717) is 22.4 Å². The van der Waals surface area contributed by atoms with Crippen LogP contribution in [0.1, 0.15) is 22.3 Å². The molecule has 6 N–H and O–H groups in total. The third-order valence-corrected chi connectivity index (χ3v) is 6.01. The molecule has 0 aliphatic carbocycles. The third kappa shape index (κ3) is 4.04. The maximum atomic E-state index is 11.2. The van der Waals surface area contributed by atoms with Gasteiger partial charge < -0.3 is 35.4 Å². The van der Waals surface area contributed by atoms with Crippen molar-refractivity contribution in [3.63, 3.8) is 0 Å². The summed E-state index contributed by atoms with van der Waals surface area (Å²) in [7, 11) is 0. The molecule has 0 aromatic heterocycles. The molecule has 1 aliphatic rings. The highest BCUT2D eigenvalue weighted by molar-refractivity contribution is 7.98. The molecular formula is C21H23NO7S. The van der Waals surface area contributed by atoms with E-state index in [-0.39, 0.29) is 11.3 Å². The zero-order valence-electron chi connectivity index (χ0n) is 16.1. The Kier molecular flexibility index (Phi) is 6.69. The third-order valence-electron chi connectivity index (χ3n) is 5.23. The molecule has 2 aromatic carbocycles. The molecule has 2 aromatic rings. The molecule has 30 heavy (non-hydrogen) atoms. The van der Waals surface area contributed by atoms with Crippen molar-refractivity contribution in [3.8, 4) is 11.8 Å². The van der Waals surface area contributed by atoms with Crippen LogP contribution in [0.4, 0.5) is 0 Å². The first kappa shape index (κ1) is 22.5. The molecule has 3 rings (SSSR count). The van der Waals surface area contributed by atoms with Crippen molar-refractivity contribution in [2.45, 2.75) is 41.5 Å². The van der Waals surface area contributed by atoms with E-state index >= 15 is 0 Å². The SMILES string of the molecule is CSc1cc(C#N)c(Cc2ccc(O)cc2)cc1[C@@]1(O)O[C@H](CO)[C@@H](O)[C@H](O)[C@H]1O. The number of ether oxygens (including phenoxy) is 1. The van der Waals surface area contributed by atoms with Crippen LogP contribution in [-0.2, 0) is 16.9 Å². The molecule has 160 valence electrons. The summed E-state index contributed by atoms with van der Waals surface area (Å²) in [5.74, 6) is -2.31. The Balaban J connectivity index is 2.11. The topological polar surface area (TPSA) is 154 Å². The van der Waals surface area contributed by atoms with Crippen LogP contribution in [0.15, 0.2) is 41.3 Å². The van der Waals surface area contributed by atoms with Gasteiger partial charge >= 0.3 is 0 Å². The maximum absolute atomic E-state index is 11.2. The van der Waals surface area contributed by atoms with Crippen LogP contribution < -0.4 is 0 Å². The first-order chi connectivity index (χ1) is 14.2. The summed E-state index contributed by atoms with van der Waals surface area (Å²) in [5.41, 5.74) is 1.79. The first-order valence-electron chi connectivity index (χ1n) is 9.19. The van der Waals surface area contributed by atoms with Gasteiger partial charge in [-0.05, 0) is 48.1 Å². The number of phenolic OH excluding ortho intramolecular Hbond substituents is 1. The molecule has 0 amide bonds. The van der Waals surface area contributed by atoms with E-state index in [9.17, 15) is 35.9 Å². The minimum Gasteiger partial charge on any atom is -0.508 e. The zero-order chi connectivity index (χ0) is 22.1. The number of rotatable bonds is 5. The number of thioether (sulfide) groups is 1. The fraction of sp³-hybridized carbons (Fsp3) is 0.381. The maximum Gasteiger partial charge on any atom is 0.223 e. The largest absolute Gasteiger partial charge is 0.508 e. The van der Waals surface area contributed by atoms with Crippen LogP contribution in [0.2, 0.25) is 0 Å². The summed E-state index contributed by atoms with van der Waals surface area (Å²) in [6, 6.07) is 11.6. The summed E-state index contributed by atoms with van der Waals surface area (Å²) < 4.78 is 5.46. The number of hydrogen-bond acceptors (Lipinski definition) is 9. The minimum atomic E-state index is -2.41. The summed E-state index contributed by atoms with van der Waals surface area (Å²) in [6.07, 6.45) is -4.54. The second-order valence-corrected chi connectivity index (χ2v) is 7.97. The monoisotopic (exact) mass is 433 g/mol. The van der Waals surface area contributed by atoms with Crippen LogP contribution in [0.25, 0.3) is 0 Å². The van der Waals surface area contributed by atoms with E-state index in [1.807, 2.05) is 0 Å². The van der Waals surface area contributed by atoms with Crippen molar-refractivity contribution in [3.05, 3.63) is 58.7 Å². The normalized spacial score (nSPS) is 28.8. The van der Waals surface area contributed by atoms with E-state index < -0.39 is 36.8 Å². The number of aliphatic hydroxyl groups excluding tert-OH is 4. The molecule has 1 heterocycles. The van der Waals surface area contributed by atoms with Crippen molar-refractivity contribution in [2.24, 2.45) is 0 Å². The van der Waals surface area contributed by atoms with E-state index in [4.69, 9.17) is 4.74 Å². The lowest BCUT2D eigenvalue weighted by Gasteiger charge is -2.46. The molecule has 5 atom stereocenters. The lowest BCUT2D eigenvalue weighted by atomic mass is 9.86. The van der Waals surface area contributed by atoms with Gasteiger partial charge in [-0.1, -0.05) is 12.1 Å². The van der Waals surface area contributed by atoms with Gasteiger partial charge in [0.15, 0.2) is 0 Å². The Morgan fingerprint density at radius 1 is 1.13 bits per heavy atom. The van der Waals surface area contributed by atoms with Crippen LogP contribution in [0.3, 0.4) is 0 Å². The van der Waals surface area contributed by atoms with Crippen LogP contribution in [-0.4, -0.2) is 67.9 Å². The summed E-state index contributed by atoms with van der Waals surface area (Å²) in [5, 5.41) is 70.5.